The first-order valence-corrected chi connectivity index (χ1v) is 8.83. The fourth-order valence-electron chi connectivity index (χ4n) is 2.55. The number of carbonyl (C=O) groups excluding carboxylic acids is 3. The van der Waals surface area contributed by atoms with Gasteiger partial charge in [-0.25, -0.2) is 4.79 Å². The molecule has 1 unspecified atom stereocenters. The number of fused-ring (bicyclic) bond motifs is 1. The van der Waals surface area contributed by atoms with Crippen LogP contribution in [0.25, 0.3) is 0 Å². The molecule has 1 aromatic carbocycles. The van der Waals surface area contributed by atoms with Crippen molar-refractivity contribution in [1.82, 2.24) is 10.6 Å². The van der Waals surface area contributed by atoms with Crippen LogP contribution in [-0.2, 0) is 23.9 Å². The summed E-state index contributed by atoms with van der Waals surface area (Å²) in [5, 5.41) is 15.0. The lowest BCUT2D eigenvalue weighted by atomic mass is 10.3. The molecule has 11 heteroatoms. The van der Waals surface area contributed by atoms with Crippen LogP contribution in [0, 0.1) is 0 Å². The Hall–Kier alpha value is -3.44. The molecule has 0 aromatic heterocycles. The number of esters is 2. The second-order valence-corrected chi connectivity index (χ2v) is 6.32. The van der Waals surface area contributed by atoms with Crippen LogP contribution >= 0.6 is 12.2 Å². The Balaban J connectivity index is 1.68. The predicted molar refractivity (Wildman–Crippen MR) is 103 cm³/mol. The van der Waals surface area contributed by atoms with Gasteiger partial charge in [0.25, 0.3) is 5.91 Å². The van der Waals surface area contributed by atoms with Gasteiger partial charge in [-0.2, -0.15) is 0 Å². The van der Waals surface area contributed by atoms with Crippen molar-refractivity contribution in [3.05, 3.63) is 48.5 Å². The Morgan fingerprint density at radius 3 is 2.69 bits per heavy atom. The van der Waals surface area contributed by atoms with Crippen LogP contribution in [0.5, 0.6) is 5.75 Å². The monoisotopic (exact) mass is 419 g/mol. The number of nitrogens with zero attached hydrogens (tertiary/aromatic N) is 1. The van der Waals surface area contributed by atoms with Crippen molar-refractivity contribution in [3.63, 3.8) is 0 Å². The van der Waals surface area contributed by atoms with Crippen LogP contribution < -0.4 is 20.3 Å². The highest BCUT2D eigenvalue weighted by molar-refractivity contribution is 7.80. The average molecular weight is 419 g/mol. The van der Waals surface area contributed by atoms with E-state index in [1.54, 1.807) is 24.3 Å². The van der Waals surface area contributed by atoms with E-state index < -0.39 is 23.9 Å². The number of para-hydroxylation sites is 2. The lowest BCUT2D eigenvalue weighted by Gasteiger charge is -2.19. The van der Waals surface area contributed by atoms with E-state index in [-0.39, 0.29) is 36.5 Å². The minimum absolute atomic E-state index is 0.0652. The lowest BCUT2D eigenvalue weighted by molar-refractivity contribution is -0.148. The van der Waals surface area contributed by atoms with Gasteiger partial charge in [0.05, 0.1) is 5.69 Å². The number of hydrogen-bond donors (Lipinski definition) is 3. The number of carbonyl (C=O) groups is 3. The minimum Gasteiger partial charge on any atom is -0.461 e. The molecule has 2 heterocycles. The molecule has 10 nitrogen and oxygen atoms in total. The average Bonchev–Trinajstić information content (AvgIpc) is 3.23. The van der Waals surface area contributed by atoms with Crippen LogP contribution in [0.2, 0.25) is 0 Å². The van der Waals surface area contributed by atoms with Crippen LogP contribution in [0.3, 0.4) is 0 Å². The molecule has 1 amide bonds. The molecular formula is C18H17N3O7S. The number of hydrogen-bond acceptors (Lipinski definition) is 9. The Morgan fingerprint density at radius 2 is 2.00 bits per heavy atom. The van der Waals surface area contributed by atoms with Gasteiger partial charge >= 0.3 is 11.9 Å². The maximum atomic E-state index is 12.3. The van der Waals surface area contributed by atoms with Crippen molar-refractivity contribution >= 4 is 40.9 Å². The van der Waals surface area contributed by atoms with Gasteiger partial charge in [-0.15, -0.1) is 0 Å². The van der Waals surface area contributed by atoms with E-state index >= 15 is 0 Å². The molecule has 2 aliphatic heterocycles. The Labute approximate surface area is 170 Å². The van der Waals surface area contributed by atoms with Crippen molar-refractivity contribution in [2.45, 2.75) is 6.10 Å². The largest absolute Gasteiger partial charge is 0.461 e. The summed E-state index contributed by atoms with van der Waals surface area (Å²) in [7, 11) is 0. The highest BCUT2D eigenvalue weighted by Gasteiger charge is 2.36. The quantitative estimate of drug-likeness (QED) is 0.308. The topological polar surface area (TPSA) is 126 Å². The number of benzene rings is 1. The van der Waals surface area contributed by atoms with Crippen LogP contribution in [0.1, 0.15) is 0 Å². The fraction of sp³-hybridized carbons (Fsp3) is 0.222. The molecule has 3 N–H and O–H groups in total. The third kappa shape index (κ3) is 4.70. The summed E-state index contributed by atoms with van der Waals surface area (Å²) in [6.07, 6.45) is -0.236. The minimum atomic E-state index is -1.19. The van der Waals surface area contributed by atoms with Crippen molar-refractivity contribution in [3.8, 4) is 5.75 Å². The predicted octanol–water partition coefficient (Wildman–Crippen LogP) is -0.308. The van der Waals surface area contributed by atoms with Crippen molar-refractivity contribution in [1.29, 1.82) is 0 Å². The zero-order valence-corrected chi connectivity index (χ0v) is 15.9. The molecular weight excluding hydrogens is 402 g/mol. The summed E-state index contributed by atoms with van der Waals surface area (Å²) in [6, 6.07) is 6.89. The van der Waals surface area contributed by atoms with Gasteiger partial charge in [0.15, 0.2) is 16.6 Å². The number of aliphatic hydroxyl groups excluding tert-OH is 1. The molecule has 1 atom stereocenters. The molecule has 152 valence electrons. The maximum Gasteiger partial charge on any atom is 0.330 e. The van der Waals surface area contributed by atoms with Gasteiger partial charge in [0.2, 0.25) is 5.88 Å². The van der Waals surface area contributed by atoms with Crippen molar-refractivity contribution < 1.29 is 33.7 Å². The second-order valence-electron chi connectivity index (χ2n) is 5.92. The Kier molecular flexibility index (Phi) is 6.10. The number of nitrogens with one attached hydrogen (secondary N) is 2. The Morgan fingerprint density at radius 1 is 1.28 bits per heavy atom. The summed E-state index contributed by atoms with van der Waals surface area (Å²) in [4.78, 5) is 36.8. The SMILES string of the molecule is C=CC(=O)OCC(O)COC(=O)CN1/C(=C2\NC(=S)NC2=O)Oc2ccccc21. The van der Waals surface area contributed by atoms with Gasteiger partial charge in [-0.3, -0.25) is 19.8 Å². The number of amides is 1. The normalized spacial score (nSPS) is 18.3. The van der Waals surface area contributed by atoms with E-state index in [2.05, 4.69) is 21.9 Å². The van der Waals surface area contributed by atoms with E-state index in [1.165, 1.54) is 4.90 Å². The first-order valence-electron chi connectivity index (χ1n) is 8.43. The molecule has 2 aliphatic rings. The van der Waals surface area contributed by atoms with E-state index in [9.17, 15) is 19.5 Å². The highest BCUT2D eigenvalue weighted by atomic mass is 32.1. The molecule has 1 fully saturated rings. The molecule has 3 rings (SSSR count). The van der Waals surface area contributed by atoms with Gasteiger partial charge in [-0.05, 0) is 24.4 Å². The van der Waals surface area contributed by atoms with E-state index in [0.717, 1.165) is 6.08 Å². The first kappa shape index (κ1) is 20.3. The third-order valence-corrected chi connectivity index (χ3v) is 4.03. The number of rotatable bonds is 7. The smallest absolute Gasteiger partial charge is 0.330 e. The van der Waals surface area contributed by atoms with Gasteiger partial charge in [0, 0.05) is 6.08 Å². The third-order valence-electron chi connectivity index (χ3n) is 3.82. The molecule has 1 saturated heterocycles. The summed E-state index contributed by atoms with van der Waals surface area (Å²) in [5.41, 5.74) is 0.621. The van der Waals surface area contributed by atoms with Crippen molar-refractivity contribution in [2.75, 3.05) is 24.7 Å². The standard InChI is InChI=1S/C18H17N3O7S/c1-2-13(23)26-8-10(22)9-27-14(24)7-21-11-5-3-4-6-12(11)28-17(21)15-16(25)20-18(29)19-15/h2-6,10,22H,1,7-9H2,(H2,19,20,25,29)/b17-15+. The summed E-state index contributed by atoms with van der Waals surface area (Å²) >= 11 is 4.93. The maximum absolute atomic E-state index is 12.3. The summed E-state index contributed by atoms with van der Waals surface area (Å²) in [5.74, 6) is -1.33. The van der Waals surface area contributed by atoms with Crippen molar-refractivity contribution in [2.24, 2.45) is 0 Å². The second kappa shape index (κ2) is 8.71. The van der Waals surface area contributed by atoms with Gasteiger partial charge in [-0.1, -0.05) is 18.7 Å². The number of anilines is 1. The fourth-order valence-corrected chi connectivity index (χ4v) is 2.74. The zero-order valence-electron chi connectivity index (χ0n) is 15.0. The number of thiocarbonyl (C=S) groups is 1. The number of ether oxygens (including phenoxy) is 3. The summed E-state index contributed by atoms with van der Waals surface area (Å²) in [6.45, 7) is 2.22. The highest BCUT2D eigenvalue weighted by Crippen LogP contribution is 2.39. The molecule has 1 aromatic rings. The van der Waals surface area contributed by atoms with Gasteiger partial charge < -0.3 is 24.6 Å². The van der Waals surface area contributed by atoms with Crippen LogP contribution in [-0.4, -0.2) is 53.9 Å². The molecule has 0 aliphatic carbocycles. The molecule has 0 saturated carbocycles. The van der Waals surface area contributed by atoms with Crippen LogP contribution in [0.15, 0.2) is 48.5 Å². The lowest BCUT2D eigenvalue weighted by Crippen LogP contribution is -2.34. The zero-order chi connectivity index (χ0) is 21.0. The Bertz CT molecular complexity index is 914. The van der Waals surface area contributed by atoms with Crippen LogP contribution in [0.4, 0.5) is 5.69 Å². The summed E-state index contributed by atoms with van der Waals surface area (Å²) < 4.78 is 15.4. The van der Waals surface area contributed by atoms with E-state index in [4.69, 9.17) is 21.7 Å². The molecule has 0 bridgehead atoms. The number of aliphatic hydroxyl groups is 1. The first-order chi connectivity index (χ1) is 13.9. The molecule has 0 spiro atoms. The molecule has 29 heavy (non-hydrogen) atoms. The molecule has 0 radical (unpaired) electrons. The van der Waals surface area contributed by atoms with Gasteiger partial charge in [0.1, 0.15) is 25.9 Å². The van der Waals surface area contributed by atoms with E-state index in [0.29, 0.717) is 11.4 Å². The van der Waals surface area contributed by atoms with E-state index in [1.807, 2.05) is 0 Å².